The molecule has 0 unspecified atom stereocenters. The summed E-state index contributed by atoms with van der Waals surface area (Å²) in [5.74, 6) is -3.29. The molecule has 10 heteroatoms. The minimum Gasteiger partial charge on any atom is -0.463 e. The van der Waals surface area contributed by atoms with E-state index >= 15 is 0 Å². The summed E-state index contributed by atoms with van der Waals surface area (Å²) < 4.78 is 12.2. The first-order valence-corrected chi connectivity index (χ1v) is 16.5. The standard InChI is InChI=1S/C36H51N3O7/c1-8-11-17-28(41)45-22-25(24-15-13-12-14-16-24)37-32(42)29-27-18-19-36(46-27)30(29)33(43)39(26(21-40)23(4)10-3)31(36)34(44)38(20-9-2)35(5,6)7/h8-9,12-16,23,25-27,29-31,40H,1-2,10-11,17-22H2,3-7H3,(H,37,42)/t23-,25+,26-,27+,29-,30-,31+,36-/m0/s1. The molecule has 1 spiro atoms. The van der Waals surface area contributed by atoms with Crippen LogP contribution in [0.1, 0.15) is 78.3 Å². The predicted octanol–water partition coefficient (Wildman–Crippen LogP) is 3.95. The molecule has 4 rings (SSSR count). The number of aliphatic hydroxyl groups excluding tert-OH is 1. The molecule has 252 valence electrons. The molecule has 0 aromatic heterocycles. The largest absolute Gasteiger partial charge is 0.463 e. The maximum Gasteiger partial charge on any atom is 0.306 e. The van der Waals surface area contributed by atoms with Gasteiger partial charge in [0.15, 0.2) is 0 Å². The number of amides is 3. The van der Waals surface area contributed by atoms with E-state index in [0.717, 1.165) is 5.56 Å². The number of hydrogen-bond acceptors (Lipinski definition) is 7. The van der Waals surface area contributed by atoms with E-state index in [2.05, 4.69) is 18.5 Å². The average Bonchev–Trinajstić information content (AvgIpc) is 3.68. The number of hydrogen-bond donors (Lipinski definition) is 2. The molecule has 1 aromatic carbocycles. The van der Waals surface area contributed by atoms with Crippen molar-refractivity contribution >= 4 is 23.7 Å². The van der Waals surface area contributed by atoms with Gasteiger partial charge in [-0.15, -0.1) is 13.2 Å². The molecule has 0 radical (unpaired) electrons. The van der Waals surface area contributed by atoms with Crippen LogP contribution in [0.3, 0.4) is 0 Å². The number of likely N-dealkylation sites (tertiary alicyclic amines) is 1. The molecule has 3 aliphatic heterocycles. The molecule has 3 heterocycles. The van der Waals surface area contributed by atoms with Crippen molar-refractivity contribution in [3.63, 3.8) is 0 Å². The molecule has 2 N–H and O–H groups in total. The number of aliphatic hydroxyl groups is 1. The Morgan fingerprint density at radius 1 is 1.22 bits per heavy atom. The molecule has 3 saturated heterocycles. The number of carbonyl (C=O) groups is 4. The van der Waals surface area contributed by atoms with Gasteiger partial charge in [0.25, 0.3) is 0 Å². The van der Waals surface area contributed by atoms with Crippen LogP contribution in [0.5, 0.6) is 0 Å². The molecule has 3 amide bonds. The van der Waals surface area contributed by atoms with Crippen molar-refractivity contribution in [2.45, 2.75) is 102 Å². The van der Waals surface area contributed by atoms with Crippen molar-refractivity contribution in [3.8, 4) is 0 Å². The van der Waals surface area contributed by atoms with Gasteiger partial charge in [-0.2, -0.15) is 0 Å². The highest BCUT2D eigenvalue weighted by Crippen LogP contribution is 2.59. The summed E-state index contributed by atoms with van der Waals surface area (Å²) >= 11 is 0. The number of nitrogens with one attached hydrogen (secondary N) is 1. The third-order valence-corrected chi connectivity index (χ3v) is 9.99. The van der Waals surface area contributed by atoms with Crippen LogP contribution in [-0.2, 0) is 28.7 Å². The first-order valence-electron chi connectivity index (χ1n) is 16.5. The highest BCUT2D eigenvalue weighted by Gasteiger charge is 2.75. The van der Waals surface area contributed by atoms with Crippen molar-refractivity contribution in [1.29, 1.82) is 0 Å². The van der Waals surface area contributed by atoms with Crippen LogP contribution < -0.4 is 5.32 Å². The van der Waals surface area contributed by atoms with Gasteiger partial charge in [0, 0.05) is 18.5 Å². The first kappa shape index (κ1) is 35.4. The first-order chi connectivity index (χ1) is 21.9. The summed E-state index contributed by atoms with van der Waals surface area (Å²) in [4.78, 5) is 59.1. The van der Waals surface area contributed by atoms with E-state index in [0.29, 0.717) is 25.7 Å². The van der Waals surface area contributed by atoms with Gasteiger partial charge in [-0.05, 0) is 51.5 Å². The molecule has 3 aliphatic rings. The predicted molar refractivity (Wildman–Crippen MR) is 174 cm³/mol. The van der Waals surface area contributed by atoms with Crippen LogP contribution >= 0.6 is 0 Å². The van der Waals surface area contributed by atoms with E-state index in [-0.39, 0.29) is 43.9 Å². The fraction of sp³-hybridized carbons (Fsp3) is 0.611. The summed E-state index contributed by atoms with van der Waals surface area (Å²) in [5, 5.41) is 13.7. The topological polar surface area (TPSA) is 125 Å². The Morgan fingerprint density at radius 2 is 1.91 bits per heavy atom. The summed E-state index contributed by atoms with van der Waals surface area (Å²) in [5.41, 5.74) is -1.05. The lowest BCUT2D eigenvalue weighted by molar-refractivity contribution is -0.155. The Balaban J connectivity index is 1.71. The van der Waals surface area contributed by atoms with Gasteiger partial charge in [0.1, 0.15) is 18.2 Å². The quantitative estimate of drug-likeness (QED) is 0.220. The minimum absolute atomic E-state index is 0.0797. The van der Waals surface area contributed by atoms with E-state index in [1.54, 1.807) is 22.0 Å². The van der Waals surface area contributed by atoms with Gasteiger partial charge in [0.2, 0.25) is 17.7 Å². The zero-order chi connectivity index (χ0) is 33.8. The average molecular weight is 638 g/mol. The lowest BCUT2D eigenvalue weighted by Crippen LogP contribution is -2.62. The molecule has 2 bridgehead atoms. The van der Waals surface area contributed by atoms with Gasteiger partial charge in [-0.25, -0.2) is 0 Å². The summed E-state index contributed by atoms with van der Waals surface area (Å²) in [6.07, 6.45) is 5.04. The van der Waals surface area contributed by atoms with Crippen molar-refractivity contribution < 1.29 is 33.8 Å². The summed E-state index contributed by atoms with van der Waals surface area (Å²) in [6, 6.07) is 6.93. The Hall–Kier alpha value is -3.50. The van der Waals surface area contributed by atoms with Gasteiger partial charge < -0.3 is 29.7 Å². The fourth-order valence-electron chi connectivity index (χ4n) is 7.46. The van der Waals surface area contributed by atoms with Crippen LogP contribution in [0.25, 0.3) is 0 Å². The molecule has 46 heavy (non-hydrogen) atoms. The maximum atomic E-state index is 14.6. The van der Waals surface area contributed by atoms with E-state index in [1.165, 1.54) is 0 Å². The Bertz CT molecular complexity index is 1290. The zero-order valence-electron chi connectivity index (χ0n) is 27.9. The lowest BCUT2D eigenvalue weighted by Gasteiger charge is -2.44. The molecular weight excluding hydrogens is 586 g/mol. The highest BCUT2D eigenvalue weighted by atomic mass is 16.5. The van der Waals surface area contributed by atoms with Gasteiger partial charge in [0.05, 0.1) is 36.6 Å². The second kappa shape index (κ2) is 14.5. The number of esters is 1. The summed E-state index contributed by atoms with van der Waals surface area (Å²) in [7, 11) is 0. The number of ether oxygens (including phenoxy) is 2. The van der Waals surface area contributed by atoms with Crippen LogP contribution in [0, 0.1) is 17.8 Å². The minimum atomic E-state index is -1.22. The third kappa shape index (κ3) is 6.65. The van der Waals surface area contributed by atoms with Gasteiger partial charge in [-0.1, -0.05) is 62.8 Å². The smallest absolute Gasteiger partial charge is 0.306 e. The van der Waals surface area contributed by atoms with Crippen molar-refractivity contribution in [2.75, 3.05) is 19.8 Å². The van der Waals surface area contributed by atoms with Crippen molar-refractivity contribution in [2.24, 2.45) is 17.8 Å². The van der Waals surface area contributed by atoms with Crippen LogP contribution in [-0.4, -0.2) is 87.7 Å². The number of rotatable bonds is 15. The SMILES string of the molecule is C=CCCC(=O)OC[C@@H](NC(=O)[C@@H]1[C@H]2C(=O)N([C@@H](CO)[C@@H](C)CC)[C@H](C(=O)N(CC=C)C(C)(C)C)[C@]23CC[C@H]1O3)c1ccccc1. The van der Waals surface area contributed by atoms with E-state index in [4.69, 9.17) is 9.47 Å². The number of carbonyl (C=O) groups excluding carboxylic acids is 4. The van der Waals surface area contributed by atoms with Crippen LogP contribution in [0.2, 0.25) is 0 Å². The molecule has 8 atom stereocenters. The molecule has 10 nitrogen and oxygen atoms in total. The highest BCUT2D eigenvalue weighted by molar-refractivity contribution is 5.99. The van der Waals surface area contributed by atoms with E-state index < -0.39 is 59.1 Å². The molecule has 0 aliphatic carbocycles. The zero-order valence-corrected chi connectivity index (χ0v) is 27.9. The Morgan fingerprint density at radius 3 is 2.50 bits per heavy atom. The molecule has 1 aromatic rings. The number of benzene rings is 1. The van der Waals surface area contributed by atoms with Crippen LogP contribution in [0.4, 0.5) is 0 Å². The molecule has 0 saturated carbocycles. The fourth-order valence-corrected chi connectivity index (χ4v) is 7.46. The van der Waals surface area contributed by atoms with Crippen molar-refractivity contribution in [3.05, 3.63) is 61.2 Å². The number of allylic oxidation sites excluding steroid dienone is 1. The Labute approximate surface area is 273 Å². The van der Waals surface area contributed by atoms with E-state index in [9.17, 15) is 24.3 Å². The van der Waals surface area contributed by atoms with Crippen LogP contribution in [0.15, 0.2) is 55.6 Å². The molecule has 3 fully saturated rings. The Kier molecular flexibility index (Phi) is 11.2. The van der Waals surface area contributed by atoms with Gasteiger partial charge in [-0.3, -0.25) is 19.2 Å². The number of nitrogens with zero attached hydrogens (tertiary/aromatic N) is 2. The maximum absolute atomic E-state index is 14.6. The second-order valence-electron chi connectivity index (χ2n) is 13.8. The van der Waals surface area contributed by atoms with Gasteiger partial charge >= 0.3 is 5.97 Å². The number of fused-ring (bicyclic) bond motifs is 1. The lowest BCUT2D eigenvalue weighted by atomic mass is 9.70. The normalized spacial score (nSPS) is 27.0. The molecular formula is C36H51N3O7. The second-order valence-corrected chi connectivity index (χ2v) is 13.8. The summed E-state index contributed by atoms with van der Waals surface area (Å²) in [6.45, 7) is 17.1. The van der Waals surface area contributed by atoms with E-state index in [1.807, 2.05) is 65.0 Å². The monoisotopic (exact) mass is 637 g/mol. The third-order valence-electron chi connectivity index (χ3n) is 9.99. The van der Waals surface area contributed by atoms with Crippen molar-refractivity contribution in [1.82, 2.24) is 15.1 Å².